The number of carbonyl (C=O) groups is 2. The van der Waals surface area contributed by atoms with E-state index in [2.05, 4.69) is 29.5 Å². The maximum atomic E-state index is 11.3. The van der Waals surface area contributed by atoms with Gasteiger partial charge in [-0.15, -0.1) is 0 Å². The van der Waals surface area contributed by atoms with Gasteiger partial charge in [-0.2, -0.15) is 0 Å². The van der Waals surface area contributed by atoms with Gasteiger partial charge in [0.25, 0.3) is 0 Å². The lowest BCUT2D eigenvalue weighted by molar-refractivity contribution is 0.0685. The van der Waals surface area contributed by atoms with E-state index in [1.54, 1.807) is 24.3 Å². The molecule has 0 heterocycles. The summed E-state index contributed by atoms with van der Waals surface area (Å²) in [5.74, 6) is -1.67. The first kappa shape index (κ1) is 32.9. The Morgan fingerprint density at radius 2 is 1.11 bits per heavy atom. The van der Waals surface area contributed by atoms with Gasteiger partial charge in [0.15, 0.2) is 0 Å². The molecule has 2 N–H and O–H groups in total. The van der Waals surface area contributed by atoms with Crippen LogP contribution in [-0.2, 0) is 6.42 Å². The molecular formula is C30H42I2O4. The highest BCUT2D eigenvalue weighted by molar-refractivity contribution is 14.1. The average Bonchev–Trinajstić information content (AvgIpc) is 2.84. The third-order valence-corrected chi connectivity index (χ3v) is 7.81. The minimum Gasteiger partial charge on any atom is -0.478 e. The van der Waals surface area contributed by atoms with E-state index in [-0.39, 0.29) is 0 Å². The highest BCUT2D eigenvalue weighted by atomic mass is 127. The minimum atomic E-state index is -0.870. The number of carboxylic acid groups (broad SMARTS) is 2. The van der Waals surface area contributed by atoms with Crippen molar-refractivity contribution < 1.29 is 19.8 Å². The number of unbranched alkanes of at least 4 members (excludes halogenated alkanes) is 13. The first-order valence-electron chi connectivity index (χ1n) is 13.4. The van der Waals surface area contributed by atoms with Gasteiger partial charge in [-0.3, -0.25) is 0 Å². The molecule has 0 fully saturated rings. The summed E-state index contributed by atoms with van der Waals surface area (Å²) in [7, 11) is 0. The molecule has 36 heavy (non-hydrogen) atoms. The van der Waals surface area contributed by atoms with Crippen LogP contribution >= 0.6 is 45.2 Å². The number of carboxylic acids is 2. The smallest absolute Gasteiger partial charge is 0.336 e. The van der Waals surface area contributed by atoms with Crippen molar-refractivity contribution in [1.82, 2.24) is 0 Å². The number of benzene rings is 2. The Morgan fingerprint density at radius 3 is 1.56 bits per heavy atom. The standard InChI is InChI=1S/C23H37IO2.C7H5IO2/c1-2-3-4-5-6-7-8-9-10-11-12-13-14-15-16-20-19-21(24)17-18-22(20)23(25)26;8-6-4-2-1-3-5(6)7(9)10/h17-19H,2-16H2,1H3,(H,25,26);1-4H,(H,9,10). The second kappa shape index (κ2) is 20.8. The van der Waals surface area contributed by atoms with Gasteiger partial charge in [0.1, 0.15) is 0 Å². The van der Waals surface area contributed by atoms with Crippen molar-refractivity contribution in [3.63, 3.8) is 0 Å². The van der Waals surface area contributed by atoms with Crippen molar-refractivity contribution in [2.45, 2.75) is 103 Å². The molecule has 0 spiro atoms. The van der Waals surface area contributed by atoms with E-state index in [1.807, 2.05) is 40.8 Å². The maximum absolute atomic E-state index is 11.3. The molecule has 2 rings (SSSR count). The fourth-order valence-electron chi connectivity index (χ4n) is 4.12. The summed E-state index contributed by atoms with van der Waals surface area (Å²) >= 11 is 4.25. The minimum absolute atomic E-state index is 0.364. The van der Waals surface area contributed by atoms with Crippen molar-refractivity contribution >= 4 is 57.1 Å². The van der Waals surface area contributed by atoms with Crippen molar-refractivity contribution in [2.24, 2.45) is 0 Å². The average molecular weight is 720 g/mol. The first-order valence-corrected chi connectivity index (χ1v) is 15.5. The fourth-order valence-corrected chi connectivity index (χ4v) is 5.30. The SMILES string of the molecule is CCCCCCCCCCCCCCCCc1cc(I)ccc1C(=O)O.O=C(O)c1ccccc1I. The van der Waals surface area contributed by atoms with Crippen LogP contribution in [-0.4, -0.2) is 22.2 Å². The molecule has 200 valence electrons. The van der Waals surface area contributed by atoms with Gasteiger partial charge in [0, 0.05) is 7.14 Å². The summed E-state index contributed by atoms with van der Waals surface area (Å²) in [6, 6.07) is 12.5. The Balaban J connectivity index is 0.000000537. The van der Waals surface area contributed by atoms with Crippen LogP contribution in [0.25, 0.3) is 0 Å². The monoisotopic (exact) mass is 720 g/mol. The Hall–Kier alpha value is -1.16. The summed E-state index contributed by atoms with van der Waals surface area (Å²) in [4.78, 5) is 21.7. The highest BCUT2D eigenvalue weighted by Crippen LogP contribution is 2.18. The number of aromatic carboxylic acids is 2. The number of halogens is 2. The largest absolute Gasteiger partial charge is 0.478 e. The summed E-state index contributed by atoms with van der Waals surface area (Å²) in [6.45, 7) is 2.27. The fraction of sp³-hybridized carbons (Fsp3) is 0.533. The normalized spacial score (nSPS) is 10.5. The third kappa shape index (κ3) is 15.2. The Labute approximate surface area is 244 Å². The number of aryl methyl sites for hydroxylation is 1. The lowest BCUT2D eigenvalue weighted by Crippen LogP contribution is -2.03. The zero-order valence-corrected chi connectivity index (χ0v) is 25.9. The zero-order valence-electron chi connectivity index (χ0n) is 21.6. The van der Waals surface area contributed by atoms with Crippen LogP contribution < -0.4 is 0 Å². The molecule has 0 radical (unpaired) electrons. The van der Waals surface area contributed by atoms with Crippen LogP contribution in [0.4, 0.5) is 0 Å². The van der Waals surface area contributed by atoms with E-state index in [9.17, 15) is 14.7 Å². The van der Waals surface area contributed by atoms with Crippen LogP contribution in [0, 0.1) is 7.14 Å². The zero-order chi connectivity index (χ0) is 26.6. The molecule has 0 atom stereocenters. The number of hydrogen-bond donors (Lipinski definition) is 2. The van der Waals surface area contributed by atoms with E-state index in [0.29, 0.717) is 11.1 Å². The Kier molecular flexibility index (Phi) is 19.0. The second-order valence-electron chi connectivity index (χ2n) is 9.24. The summed E-state index contributed by atoms with van der Waals surface area (Å²) in [5.41, 5.74) is 1.83. The van der Waals surface area contributed by atoms with Gasteiger partial charge >= 0.3 is 11.9 Å². The van der Waals surface area contributed by atoms with Crippen molar-refractivity contribution in [2.75, 3.05) is 0 Å². The lowest BCUT2D eigenvalue weighted by Gasteiger charge is -2.07. The maximum Gasteiger partial charge on any atom is 0.336 e. The van der Waals surface area contributed by atoms with Gasteiger partial charge in [-0.05, 0) is 93.9 Å². The van der Waals surface area contributed by atoms with Crippen LogP contribution in [0.3, 0.4) is 0 Å². The third-order valence-electron chi connectivity index (χ3n) is 6.20. The molecular weight excluding hydrogens is 678 g/mol. The molecule has 0 unspecified atom stereocenters. The first-order chi connectivity index (χ1) is 17.4. The molecule has 2 aromatic rings. The van der Waals surface area contributed by atoms with Crippen LogP contribution in [0.2, 0.25) is 0 Å². The Morgan fingerprint density at radius 1 is 0.639 bits per heavy atom. The van der Waals surface area contributed by atoms with Gasteiger partial charge in [-0.25, -0.2) is 9.59 Å². The van der Waals surface area contributed by atoms with Gasteiger partial charge in [0.2, 0.25) is 0 Å². The summed E-state index contributed by atoms with van der Waals surface area (Å²) in [6.07, 6.45) is 19.8. The predicted molar refractivity (Wildman–Crippen MR) is 166 cm³/mol. The van der Waals surface area contributed by atoms with E-state index in [0.717, 1.165) is 25.5 Å². The van der Waals surface area contributed by atoms with E-state index in [4.69, 9.17) is 5.11 Å². The van der Waals surface area contributed by atoms with Crippen molar-refractivity contribution in [1.29, 1.82) is 0 Å². The van der Waals surface area contributed by atoms with Crippen molar-refractivity contribution in [3.05, 3.63) is 66.3 Å². The lowest BCUT2D eigenvalue weighted by atomic mass is 10.00. The molecule has 0 aromatic heterocycles. The van der Waals surface area contributed by atoms with E-state index >= 15 is 0 Å². The predicted octanol–water partition coefficient (Wildman–Crippen LogP) is 10.0. The molecule has 2 aromatic carbocycles. The van der Waals surface area contributed by atoms with Crippen LogP contribution in [0.5, 0.6) is 0 Å². The molecule has 0 saturated heterocycles. The van der Waals surface area contributed by atoms with Crippen LogP contribution in [0.15, 0.2) is 42.5 Å². The second-order valence-corrected chi connectivity index (χ2v) is 11.6. The molecule has 0 saturated carbocycles. The number of hydrogen-bond acceptors (Lipinski definition) is 2. The van der Waals surface area contributed by atoms with Gasteiger partial charge < -0.3 is 10.2 Å². The molecule has 0 amide bonds. The molecule has 0 aliphatic rings. The highest BCUT2D eigenvalue weighted by Gasteiger charge is 2.10. The van der Waals surface area contributed by atoms with Gasteiger partial charge in [0.05, 0.1) is 11.1 Å². The van der Waals surface area contributed by atoms with E-state index in [1.165, 1.54) is 83.5 Å². The summed E-state index contributed by atoms with van der Waals surface area (Å²) < 4.78 is 1.89. The molecule has 0 aliphatic heterocycles. The van der Waals surface area contributed by atoms with Gasteiger partial charge in [-0.1, -0.05) is 103 Å². The quantitative estimate of drug-likeness (QED) is 0.126. The van der Waals surface area contributed by atoms with E-state index < -0.39 is 11.9 Å². The van der Waals surface area contributed by atoms with Crippen LogP contribution in [0.1, 0.15) is 123 Å². The molecule has 6 heteroatoms. The number of rotatable bonds is 17. The molecule has 0 aliphatic carbocycles. The van der Waals surface area contributed by atoms with Crippen molar-refractivity contribution in [3.8, 4) is 0 Å². The molecule has 4 nitrogen and oxygen atoms in total. The summed E-state index contributed by atoms with van der Waals surface area (Å²) in [5, 5.41) is 17.8. The topological polar surface area (TPSA) is 74.6 Å². The Bertz CT molecular complexity index is 898. The molecule has 0 bridgehead atoms.